The van der Waals surface area contributed by atoms with E-state index in [9.17, 15) is 9.65 Å². The average molecular weight is 327 g/mol. The normalized spacial score (nSPS) is 11.9. The monoisotopic (exact) mass is 327 g/mol. The smallest absolute Gasteiger partial charge is 0.166 e. The van der Waals surface area contributed by atoms with Gasteiger partial charge in [-0.15, -0.1) is 0 Å². The first-order chi connectivity index (χ1) is 11.3. The molecule has 0 saturated heterocycles. The van der Waals surface area contributed by atoms with Crippen LogP contribution in [0.15, 0.2) is 18.3 Å². The van der Waals surface area contributed by atoms with Crippen molar-refractivity contribution in [3.05, 3.63) is 41.0 Å². The molecule has 2 heterocycles. The Hall–Kier alpha value is -2.68. The molecule has 0 saturated carbocycles. The number of anilines is 3. The van der Waals surface area contributed by atoms with Crippen LogP contribution in [-0.2, 0) is 0 Å². The van der Waals surface area contributed by atoms with Crippen molar-refractivity contribution >= 4 is 17.3 Å². The van der Waals surface area contributed by atoms with Gasteiger partial charge < -0.3 is 10.6 Å². The van der Waals surface area contributed by atoms with E-state index in [0.717, 1.165) is 11.3 Å². The summed E-state index contributed by atoms with van der Waals surface area (Å²) >= 11 is 0. The first-order valence-corrected chi connectivity index (χ1v) is 7.89. The molecule has 0 spiro atoms. The number of nitriles is 1. The van der Waals surface area contributed by atoms with Crippen LogP contribution in [0, 0.1) is 36.9 Å². The van der Waals surface area contributed by atoms with Crippen LogP contribution in [-0.4, -0.2) is 16.0 Å². The molecule has 5 nitrogen and oxygen atoms in total. The predicted molar refractivity (Wildman–Crippen MR) is 93.8 cm³/mol. The summed E-state index contributed by atoms with van der Waals surface area (Å²) < 4.78 is 14.2. The average Bonchev–Trinajstić information content (AvgIpc) is 2.53. The third-order valence-electron chi connectivity index (χ3n) is 4.06. The van der Waals surface area contributed by atoms with Gasteiger partial charge in [-0.2, -0.15) is 5.26 Å². The van der Waals surface area contributed by atoms with E-state index in [1.807, 2.05) is 46.8 Å². The highest BCUT2D eigenvalue weighted by Crippen LogP contribution is 2.24. The molecule has 0 aliphatic heterocycles. The Morgan fingerprint density at radius 3 is 2.46 bits per heavy atom. The maximum Gasteiger partial charge on any atom is 0.166 e. The lowest BCUT2D eigenvalue weighted by atomic mass is 10.1. The zero-order valence-corrected chi connectivity index (χ0v) is 14.6. The fraction of sp³-hybridized carbons (Fsp3) is 0.389. The predicted octanol–water partition coefficient (Wildman–Crippen LogP) is 4.30. The lowest BCUT2D eigenvalue weighted by Crippen LogP contribution is -2.23. The molecular weight excluding hydrogens is 305 g/mol. The van der Waals surface area contributed by atoms with Crippen molar-refractivity contribution in [2.45, 2.75) is 40.7 Å². The second kappa shape index (κ2) is 7.26. The number of aromatic nitrogens is 2. The van der Waals surface area contributed by atoms with Crippen LogP contribution in [0.1, 0.15) is 37.6 Å². The highest BCUT2D eigenvalue weighted by Gasteiger charge is 2.15. The Kier molecular flexibility index (Phi) is 5.35. The lowest BCUT2D eigenvalue weighted by molar-refractivity contribution is 0.549. The molecule has 2 aromatic rings. The molecule has 0 aromatic carbocycles. The fourth-order valence-electron chi connectivity index (χ4n) is 2.00. The molecule has 2 N–H and O–H groups in total. The number of hydrogen-bond acceptors (Lipinski definition) is 5. The molecule has 6 heteroatoms. The minimum absolute atomic E-state index is 0.0519. The van der Waals surface area contributed by atoms with Crippen LogP contribution in [0.3, 0.4) is 0 Å². The highest BCUT2D eigenvalue weighted by molar-refractivity contribution is 5.65. The van der Waals surface area contributed by atoms with Crippen LogP contribution < -0.4 is 10.6 Å². The molecule has 24 heavy (non-hydrogen) atoms. The largest absolute Gasteiger partial charge is 0.365 e. The van der Waals surface area contributed by atoms with Crippen molar-refractivity contribution in [1.82, 2.24) is 9.97 Å². The van der Waals surface area contributed by atoms with Crippen LogP contribution in [0.4, 0.5) is 21.7 Å². The number of nitrogens with one attached hydrogen (secondary N) is 2. The number of aryl methyl sites for hydroxylation is 2. The van der Waals surface area contributed by atoms with Gasteiger partial charge in [0, 0.05) is 11.7 Å². The minimum atomic E-state index is -0.539. The van der Waals surface area contributed by atoms with E-state index >= 15 is 0 Å². The summed E-state index contributed by atoms with van der Waals surface area (Å²) in [5.41, 5.74) is 2.80. The number of hydrogen-bond donors (Lipinski definition) is 2. The SMILES string of the molecule is Cc1cc(Nc2nc(NC(C)C(C)C)c(F)cc2C#N)cnc1C. The molecule has 0 aliphatic carbocycles. The van der Waals surface area contributed by atoms with Crippen LogP contribution in [0.25, 0.3) is 0 Å². The van der Waals surface area contributed by atoms with Crippen LogP contribution >= 0.6 is 0 Å². The third-order valence-corrected chi connectivity index (χ3v) is 4.06. The van der Waals surface area contributed by atoms with E-state index in [2.05, 4.69) is 20.6 Å². The standard InChI is InChI=1S/C18H22FN5/c1-10(2)12(4)22-18-16(19)7-14(8-20)17(24-18)23-15-6-11(3)13(5)21-9-15/h6-7,9-10,12H,1-5H3,(H2,22,23,24). The van der Waals surface area contributed by atoms with E-state index in [-0.39, 0.29) is 17.4 Å². The maximum atomic E-state index is 14.2. The summed E-state index contributed by atoms with van der Waals surface area (Å²) in [6.07, 6.45) is 1.67. The second-order valence-electron chi connectivity index (χ2n) is 6.26. The van der Waals surface area contributed by atoms with Gasteiger partial charge >= 0.3 is 0 Å². The molecule has 126 valence electrons. The fourth-order valence-corrected chi connectivity index (χ4v) is 2.00. The van der Waals surface area contributed by atoms with Crippen molar-refractivity contribution in [1.29, 1.82) is 5.26 Å². The maximum absolute atomic E-state index is 14.2. The molecule has 2 rings (SSSR count). The van der Waals surface area contributed by atoms with Crippen molar-refractivity contribution in [3.63, 3.8) is 0 Å². The summed E-state index contributed by atoms with van der Waals surface area (Å²) in [6, 6.07) is 5.13. The first kappa shape index (κ1) is 17.7. The third kappa shape index (κ3) is 3.99. The zero-order valence-electron chi connectivity index (χ0n) is 14.6. The number of rotatable bonds is 5. The van der Waals surface area contributed by atoms with Gasteiger partial charge in [0.25, 0.3) is 0 Å². The zero-order chi connectivity index (χ0) is 17.9. The van der Waals surface area contributed by atoms with Gasteiger partial charge in [0.1, 0.15) is 6.07 Å². The molecule has 2 aromatic heterocycles. The quantitative estimate of drug-likeness (QED) is 0.856. The van der Waals surface area contributed by atoms with Gasteiger partial charge in [-0.25, -0.2) is 9.37 Å². The van der Waals surface area contributed by atoms with E-state index < -0.39 is 5.82 Å². The highest BCUT2D eigenvalue weighted by atomic mass is 19.1. The Balaban J connectivity index is 2.37. The van der Waals surface area contributed by atoms with Gasteiger partial charge in [0.15, 0.2) is 17.5 Å². The van der Waals surface area contributed by atoms with Crippen molar-refractivity contribution in [2.75, 3.05) is 10.6 Å². The van der Waals surface area contributed by atoms with Crippen LogP contribution in [0.2, 0.25) is 0 Å². The van der Waals surface area contributed by atoms with Crippen LogP contribution in [0.5, 0.6) is 0 Å². The van der Waals surface area contributed by atoms with E-state index in [0.29, 0.717) is 17.4 Å². The Morgan fingerprint density at radius 1 is 1.17 bits per heavy atom. The number of nitrogens with zero attached hydrogens (tertiary/aromatic N) is 3. The number of halogens is 1. The molecular formula is C18H22FN5. The summed E-state index contributed by atoms with van der Waals surface area (Å²) in [5.74, 6) is 0.224. The second-order valence-corrected chi connectivity index (χ2v) is 6.26. The molecule has 0 radical (unpaired) electrons. The van der Waals surface area contributed by atoms with Gasteiger partial charge in [0.2, 0.25) is 0 Å². The van der Waals surface area contributed by atoms with E-state index in [1.54, 1.807) is 6.20 Å². The molecule has 1 unspecified atom stereocenters. The number of pyridine rings is 2. The van der Waals surface area contributed by atoms with E-state index in [4.69, 9.17) is 0 Å². The Bertz CT molecular complexity index is 780. The van der Waals surface area contributed by atoms with Crippen molar-refractivity contribution in [2.24, 2.45) is 5.92 Å². The topological polar surface area (TPSA) is 73.6 Å². The summed E-state index contributed by atoms with van der Waals surface area (Å²) in [7, 11) is 0. The Labute approximate surface area is 142 Å². The van der Waals surface area contributed by atoms with Gasteiger partial charge in [-0.1, -0.05) is 13.8 Å². The summed E-state index contributed by atoms with van der Waals surface area (Å²) in [4.78, 5) is 8.54. The lowest BCUT2D eigenvalue weighted by Gasteiger charge is -2.19. The Morgan fingerprint density at radius 2 is 1.88 bits per heavy atom. The molecule has 0 amide bonds. The first-order valence-electron chi connectivity index (χ1n) is 7.89. The molecule has 0 aliphatic rings. The minimum Gasteiger partial charge on any atom is -0.365 e. The summed E-state index contributed by atoms with van der Waals surface area (Å²) in [5, 5.41) is 15.4. The van der Waals surface area contributed by atoms with Gasteiger partial charge in [0.05, 0.1) is 17.4 Å². The van der Waals surface area contributed by atoms with E-state index in [1.165, 1.54) is 6.07 Å². The van der Waals surface area contributed by atoms with Crippen molar-refractivity contribution < 1.29 is 4.39 Å². The molecule has 0 bridgehead atoms. The van der Waals surface area contributed by atoms with Crippen molar-refractivity contribution in [3.8, 4) is 6.07 Å². The molecule has 0 fully saturated rings. The summed E-state index contributed by atoms with van der Waals surface area (Å²) in [6.45, 7) is 9.92. The van der Waals surface area contributed by atoms with Gasteiger partial charge in [-0.3, -0.25) is 4.98 Å². The molecule has 1 atom stereocenters. The van der Waals surface area contributed by atoms with Gasteiger partial charge in [-0.05, 0) is 44.4 Å².